The second-order valence-electron chi connectivity index (χ2n) is 3.02. The first-order valence-corrected chi connectivity index (χ1v) is 4.64. The third kappa shape index (κ3) is 3.78. The van der Waals surface area contributed by atoms with Gasteiger partial charge in [-0.25, -0.2) is 4.39 Å². The lowest BCUT2D eigenvalue weighted by Crippen LogP contribution is -1.93. The highest BCUT2D eigenvalue weighted by molar-refractivity contribution is 6.04. The van der Waals surface area contributed by atoms with Crippen LogP contribution < -0.4 is 0 Å². The minimum absolute atomic E-state index is 0.132. The van der Waals surface area contributed by atoms with Crippen LogP contribution in [0.5, 0.6) is 0 Å². The Morgan fingerprint density at radius 2 is 2.07 bits per heavy atom. The molecule has 2 heteroatoms. The van der Waals surface area contributed by atoms with Gasteiger partial charge in [0.25, 0.3) is 0 Å². The number of hydrogen-bond donors (Lipinski definition) is 0. The molecular weight excluding hydrogens is 191 g/mol. The maximum Gasteiger partial charge on any atom is 0.185 e. The van der Waals surface area contributed by atoms with Crippen LogP contribution >= 0.6 is 0 Å². The van der Waals surface area contributed by atoms with E-state index in [0.717, 1.165) is 0 Å². The van der Waals surface area contributed by atoms with E-state index in [1.54, 1.807) is 6.08 Å². The summed E-state index contributed by atoms with van der Waals surface area (Å²) in [5.74, 6) is 2.00. The van der Waals surface area contributed by atoms with Crippen molar-refractivity contribution in [2.24, 2.45) is 0 Å². The van der Waals surface area contributed by atoms with Crippen LogP contribution in [0.15, 0.2) is 36.4 Å². The summed E-state index contributed by atoms with van der Waals surface area (Å²) < 4.78 is 12.6. The van der Waals surface area contributed by atoms with Crippen molar-refractivity contribution in [2.75, 3.05) is 0 Å². The third-order valence-corrected chi connectivity index (χ3v) is 1.85. The molecule has 1 aromatic rings. The number of rotatable bonds is 4. The summed E-state index contributed by atoms with van der Waals surface area (Å²) in [5.41, 5.74) is 0.480. The summed E-state index contributed by atoms with van der Waals surface area (Å²) in [6.45, 7) is 0. The molecule has 76 valence electrons. The van der Waals surface area contributed by atoms with Gasteiger partial charge in [-0.3, -0.25) is 4.79 Å². The standard InChI is InChI=1S/C13H11FO/c1-2-3-4-5-6-13(15)11-7-9-12(14)10-8-11/h1,5-10H,3-4H2/b6-5+. The Morgan fingerprint density at radius 1 is 1.40 bits per heavy atom. The molecule has 0 radical (unpaired) electrons. The lowest BCUT2D eigenvalue weighted by Gasteiger charge is -1.94. The maximum atomic E-state index is 12.6. The van der Waals surface area contributed by atoms with Crippen LogP contribution in [0.25, 0.3) is 0 Å². The molecule has 0 aromatic heterocycles. The third-order valence-electron chi connectivity index (χ3n) is 1.85. The number of hydrogen-bond acceptors (Lipinski definition) is 1. The number of ketones is 1. The van der Waals surface area contributed by atoms with E-state index in [-0.39, 0.29) is 11.6 Å². The van der Waals surface area contributed by atoms with E-state index in [2.05, 4.69) is 5.92 Å². The quantitative estimate of drug-likeness (QED) is 0.317. The molecule has 1 aromatic carbocycles. The molecule has 0 atom stereocenters. The van der Waals surface area contributed by atoms with E-state index in [1.165, 1.54) is 30.3 Å². The van der Waals surface area contributed by atoms with E-state index in [4.69, 9.17) is 6.42 Å². The Bertz CT molecular complexity index is 396. The number of benzene rings is 1. The van der Waals surface area contributed by atoms with Crippen molar-refractivity contribution in [3.8, 4) is 12.3 Å². The lowest BCUT2D eigenvalue weighted by atomic mass is 10.1. The molecule has 1 nitrogen and oxygen atoms in total. The Morgan fingerprint density at radius 3 is 2.67 bits per heavy atom. The zero-order chi connectivity index (χ0) is 11.1. The van der Waals surface area contributed by atoms with Gasteiger partial charge in [-0.2, -0.15) is 0 Å². The molecule has 0 bridgehead atoms. The molecule has 0 N–H and O–H groups in total. The summed E-state index contributed by atoms with van der Waals surface area (Å²) in [4.78, 5) is 11.5. The fourth-order valence-corrected chi connectivity index (χ4v) is 1.07. The van der Waals surface area contributed by atoms with E-state index < -0.39 is 0 Å². The molecule has 0 saturated carbocycles. The van der Waals surface area contributed by atoms with Crippen LogP contribution in [0, 0.1) is 18.2 Å². The molecule has 0 spiro atoms. The predicted octanol–water partition coefficient (Wildman–Crippen LogP) is 2.98. The number of carbonyl (C=O) groups excluding carboxylic acids is 1. The van der Waals surface area contributed by atoms with Crippen LogP contribution in [0.4, 0.5) is 4.39 Å². The molecule has 0 unspecified atom stereocenters. The Labute approximate surface area is 88.6 Å². The predicted molar refractivity (Wildman–Crippen MR) is 57.9 cm³/mol. The van der Waals surface area contributed by atoms with Crippen molar-refractivity contribution in [1.29, 1.82) is 0 Å². The molecule has 0 fully saturated rings. The van der Waals surface area contributed by atoms with E-state index in [9.17, 15) is 9.18 Å². The fraction of sp³-hybridized carbons (Fsp3) is 0.154. The summed E-state index contributed by atoms with van der Waals surface area (Å²) in [7, 11) is 0. The fourth-order valence-electron chi connectivity index (χ4n) is 1.07. The number of terminal acetylenes is 1. The number of unbranched alkanes of at least 4 members (excludes halogenated alkanes) is 1. The molecular formula is C13H11FO. The topological polar surface area (TPSA) is 17.1 Å². The van der Waals surface area contributed by atoms with Gasteiger partial charge in [0.15, 0.2) is 5.78 Å². The summed E-state index contributed by atoms with van der Waals surface area (Å²) >= 11 is 0. The Kier molecular flexibility index (Phi) is 4.30. The largest absolute Gasteiger partial charge is 0.289 e. The normalized spacial score (nSPS) is 10.1. The minimum atomic E-state index is -0.345. The zero-order valence-corrected chi connectivity index (χ0v) is 8.24. The average molecular weight is 202 g/mol. The first kappa shape index (κ1) is 11.2. The van der Waals surface area contributed by atoms with Crippen LogP contribution in [0.3, 0.4) is 0 Å². The molecule has 0 aliphatic rings. The van der Waals surface area contributed by atoms with Gasteiger partial charge in [-0.15, -0.1) is 12.3 Å². The molecule has 15 heavy (non-hydrogen) atoms. The Balaban J connectivity index is 2.58. The number of allylic oxidation sites excluding steroid dienone is 2. The molecule has 0 heterocycles. The van der Waals surface area contributed by atoms with Crippen LogP contribution in [0.2, 0.25) is 0 Å². The van der Waals surface area contributed by atoms with E-state index in [0.29, 0.717) is 18.4 Å². The molecule has 1 rings (SSSR count). The maximum absolute atomic E-state index is 12.6. The van der Waals surface area contributed by atoms with Crippen molar-refractivity contribution in [2.45, 2.75) is 12.8 Å². The van der Waals surface area contributed by atoms with Crippen molar-refractivity contribution in [1.82, 2.24) is 0 Å². The van der Waals surface area contributed by atoms with Gasteiger partial charge in [0, 0.05) is 12.0 Å². The second-order valence-corrected chi connectivity index (χ2v) is 3.02. The van der Waals surface area contributed by atoms with Crippen molar-refractivity contribution in [3.05, 3.63) is 47.8 Å². The van der Waals surface area contributed by atoms with E-state index >= 15 is 0 Å². The highest BCUT2D eigenvalue weighted by Crippen LogP contribution is 2.04. The van der Waals surface area contributed by atoms with Gasteiger partial charge < -0.3 is 0 Å². The van der Waals surface area contributed by atoms with Crippen molar-refractivity contribution >= 4 is 5.78 Å². The lowest BCUT2D eigenvalue weighted by molar-refractivity contribution is 0.104. The first-order chi connectivity index (χ1) is 7.24. The van der Waals surface area contributed by atoms with Gasteiger partial charge in [0.2, 0.25) is 0 Å². The highest BCUT2D eigenvalue weighted by atomic mass is 19.1. The van der Waals surface area contributed by atoms with Crippen LogP contribution in [-0.2, 0) is 0 Å². The number of carbonyl (C=O) groups is 1. The highest BCUT2D eigenvalue weighted by Gasteiger charge is 2.00. The molecule has 0 aliphatic carbocycles. The number of halogens is 1. The molecule has 0 saturated heterocycles. The smallest absolute Gasteiger partial charge is 0.185 e. The second kappa shape index (κ2) is 5.77. The molecule has 0 amide bonds. The van der Waals surface area contributed by atoms with Gasteiger partial charge in [-0.05, 0) is 36.8 Å². The van der Waals surface area contributed by atoms with Gasteiger partial charge in [-0.1, -0.05) is 6.08 Å². The van der Waals surface area contributed by atoms with Gasteiger partial charge >= 0.3 is 0 Å². The summed E-state index contributed by atoms with van der Waals surface area (Å²) in [6, 6.07) is 5.46. The van der Waals surface area contributed by atoms with E-state index in [1.807, 2.05) is 0 Å². The monoisotopic (exact) mass is 202 g/mol. The summed E-state index contributed by atoms with van der Waals surface area (Å²) in [5, 5.41) is 0. The zero-order valence-electron chi connectivity index (χ0n) is 8.24. The van der Waals surface area contributed by atoms with Gasteiger partial charge in [0.05, 0.1) is 0 Å². The Hall–Kier alpha value is -1.88. The van der Waals surface area contributed by atoms with Crippen molar-refractivity contribution < 1.29 is 9.18 Å². The average Bonchev–Trinajstić information content (AvgIpc) is 2.25. The first-order valence-electron chi connectivity index (χ1n) is 4.64. The summed E-state index contributed by atoms with van der Waals surface area (Å²) in [6.07, 6.45) is 9.56. The molecule has 0 aliphatic heterocycles. The SMILES string of the molecule is C#CCC/C=C/C(=O)c1ccc(F)cc1. The van der Waals surface area contributed by atoms with Crippen LogP contribution in [0.1, 0.15) is 23.2 Å². The van der Waals surface area contributed by atoms with Crippen molar-refractivity contribution in [3.63, 3.8) is 0 Å². The van der Waals surface area contributed by atoms with Gasteiger partial charge in [0.1, 0.15) is 5.82 Å². The minimum Gasteiger partial charge on any atom is -0.289 e. The van der Waals surface area contributed by atoms with Crippen LogP contribution in [-0.4, -0.2) is 5.78 Å².